The molecule has 1 unspecified atom stereocenters. The van der Waals surface area contributed by atoms with Crippen molar-refractivity contribution in [1.29, 1.82) is 0 Å². The molecular weight excluding hydrogens is 266 g/mol. The van der Waals surface area contributed by atoms with E-state index in [0.29, 0.717) is 26.1 Å². The molecule has 1 fully saturated rings. The fraction of sp³-hybridized carbons (Fsp3) is 0.917. The summed E-state index contributed by atoms with van der Waals surface area (Å²) in [7, 11) is -3.16. The highest BCUT2D eigenvalue weighted by atomic mass is 32.2. The van der Waals surface area contributed by atoms with Crippen LogP contribution in [0.2, 0.25) is 0 Å². The maximum Gasteiger partial charge on any atom is 0.220 e. The predicted molar refractivity (Wildman–Crippen MR) is 75.1 cm³/mol. The van der Waals surface area contributed by atoms with Gasteiger partial charge in [0.25, 0.3) is 0 Å². The summed E-state index contributed by atoms with van der Waals surface area (Å²) >= 11 is 0. The maximum atomic E-state index is 11.9. The van der Waals surface area contributed by atoms with Gasteiger partial charge in [0.2, 0.25) is 15.9 Å². The first-order valence-corrected chi connectivity index (χ1v) is 8.53. The van der Waals surface area contributed by atoms with E-state index in [1.807, 2.05) is 6.92 Å². The zero-order valence-electron chi connectivity index (χ0n) is 11.6. The lowest BCUT2D eigenvalue weighted by atomic mass is 10.2. The molecule has 0 aromatic heterocycles. The van der Waals surface area contributed by atoms with Crippen molar-refractivity contribution in [3.63, 3.8) is 0 Å². The summed E-state index contributed by atoms with van der Waals surface area (Å²) in [5, 5.41) is 2.74. The van der Waals surface area contributed by atoms with Crippen molar-refractivity contribution in [3.8, 4) is 0 Å². The Bertz CT molecular complexity index is 376. The molecule has 1 atom stereocenters. The number of nitrogens with zero attached hydrogens (tertiary/aromatic N) is 1. The molecule has 6 nitrogen and oxygen atoms in total. The summed E-state index contributed by atoms with van der Waals surface area (Å²) in [6.07, 6.45) is 3.25. The SMILES string of the molecule is CC(N)CCNC(=O)CCCS(=O)(=O)N1CCCC1. The zero-order chi connectivity index (χ0) is 14.3. The van der Waals surface area contributed by atoms with Crippen LogP contribution in [-0.2, 0) is 14.8 Å². The van der Waals surface area contributed by atoms with Crippen molar-refractivity contribution >= 4 is 15.9 Å². The molecule has 0 saturated carbocycles. The number of carbonyl (C=O) groups is 1. The molecule has 0 radical (unpaired) electrons. The van der Waals surface area contributed by atoms with Gasteiger partial charge < -0.3 is 11.1 Å². The van der Waals surface area contributed by atoms with Gasteiger partial charge in [-0.05, 0) is 32.6 Å². The van der Waals surface area contributed by atoms with Gasteiger partial charge in [-0.3, -0.25) is 4.79 Å². The minimum Gasteiger partial charge on any atom is -0.356 e. The summed E-state index contributed by atoms with van der Waals surface area (Å²) < 4.78 is 25.3. The summed E-state index contributed by atoms with van der Waals surface area (Å²) in [4.78, 5) is 11.5. The van der Waals surface area contributed by atoms with Crippen molar-refractivity contribution in [3.05, 3.63) is 0 Å². The Morgan fingerprint density at radius 2 is 2.00 bits per heavy atom. The minimum atomic E-state index is -3.16. The van der Waals surface area contributed by atoms with Crippen LogP contribution in [0.3, 0.4) is 0 Å². The molecule has 1 saturated heterocycles. The second-order valence-corrected chi connectivity index (χ2v) is 7.23. The number of hydrogen-bond donors (Lipinski definition) is 2. The third-order valence-electron chi connectivity index (χ3n) is 3.19. The van der Waals surface area contributed by atoms with Gasteiger partial charge in [-0.25, -0.2) is 12.7 Å². The van der Waals surface area contributed by atoms with Crippen LogP contribution in [-0.4, -0.2) is 50.1 Å². The Morgan fingerprint density at radius 1 is 1.37 bits per heavy atom. The standard InChI is InChI=1S/C12H25N3O3S/c1-11(13)6-7-14-12(16)5-4-10-19(17,18)15-8-2-3-9-15/h11H,2-10,13H2,1H3,(H,14,16). The molecular formula is C12H25N3O3S. The van der Waals surface area contributed by atoms with E-state index in [9.17, 15) is 13.2 Å². The number of amides is 1. The van der Waals surface area contributed by atoms with Crippen LogP contribution in [0.1, 0.15) is 39.0 Å². The smallest absolute Gasteiger partial charge is 0.220 e. The topological polar surface area (TPSA) is 92.5 Å². The van der Waals surface area contributed by atoms with E-state index in [1.165, 1.54) is 4.31 Å². The van der Waals surface area contributed by atoms with Crippen molar-refractivity contribution in [1.82, 2.24) is 9.62 Å². The second-order valence-electron chi connectivity index (χ2n) is 5.14. The van der Waals surface area contributed by atoms with Crippen LogP contribution < -0.4 is 11.1 Å². The van der Waals surface area contributed by atoms with Crippen molar-refractivity contribution in [2.24, 2.45) is 5.73 Å². The molecule has 0 spiro atoms. The van der Waals surface area contributed by atoms with Crippen molar-refractivity contribution in [2.45, 2.75) is 45.1 Å². The molecule has 1 heterocycles. The van der Waals surface area contributed by atoms with Crippen LogP contribution in [0.5, 0.6) is 0 Å². The first-order valence-electron chi connectivity index (χ1n) is 6.92. The lowest BCUT2D eigenvalue weighted by Gasteiger charge is -2.15. The van der Waals surface area contributed by atoms with E-state index in [-0.39, 0.29) is 24.1 Å². The minimum absolute atomic E-state index is 0.0632. The van der Waals surface area contributed by atoms with Gasteiger partial charge in [-0.15, -0.1) is 0 Å². The number of nitrogens with two attached hydrogens (primary N) is 1. The number of carbonyl (C=O) groups excluding carboxylic acids is 1. The lowest BCUT2D eigenvalue weighted by Crippen LogP contribution is -2.32. The lowest BCUT2D eigenvalue weighted by molar-refractivity contribution is -0.121. The van der Waals surface area contributed by atoms with E-state index >= 15 is 0 Å². The first-order chi connectivity index (χ1) is 8.92. The van der Waals surface area contributed by atoms with Crippen molar-refractivity contribution < 1.29 is 13.2 Å². The number of rotatable bonds is 8. The van der Waals surface area contributed by atoms with E-state index in [2.05, 4.69) is 5.32 Å². The van der Waals surface area contributed by atoms with Crippen LogP contribution in [0.25, 0.3) is 0 Å². The van der Waals surface area contributed by atoms with Crippen LogP contribution in [0.15, 0.2) is 0 Å². The number of sulfonamides is 1. The molecule has 0 aromatic rings. The fourth-order valence-electron chi connectivity index (χ4n) is 2.04. The van der Waals surface area contributed by atoms with E-state index in [0.717, 1.165) is 19.3 Å². The molecule has 112 valence electrons. The van der Waals surface area contributed by atoms with Crippen LogP contribution in [0, 0.1) is 0 Å². The quantitative estimate of drug-likeness (QED) is 0.660. The second kappa shape index (κ2) is 7.81. The van der Waals surface area contributed by atoms with Gasteiger partial charge in [0.1, 0.15) is 0 Å². The van der Waals surface area contributed by atoms with E-state index < -0.39 is 10.0 Å². The molecule has 1 rings (SSSR count). The summed E-state index contributed by atoms with van der Waals surface area (Å²) in [6, 6.07) is 0.0656. The average molecular weight is 291 g/mol. The fourth-order valence-corrected chi connectivity index (χ4v) is 3.62. The third kappa shape index (κ3) is 6.35. The number of nitrogens with one attached hydrogen (secondary N) is 1. The Hall–Kier alpha value is -0.660. The summed E-state index contributed by atoms with van der Waals surface area (Å²) in [5.41, 5.74) is 5.57. The van der Waals surface area contributed by atoms with E-state index in [4.69, 9.17) is 5.73 Å². The summed E-state index contributed by atoms with van der Waals surface area (Å²) in [5.74, 6) is -0.0365. The monoisotopic (exact) mass is 291 g/mol. The van der Waals surface area contributed by atoms with Crippen molar-refractivity contribution in [2.75, 3.05) is 25.4 Å². The van der Waals surface area contributed by atoms with Crippen LogP contribution >= 0.6 is 0 Å². The van der Waals surface area contributed by atoms with E-state index in [1.54, 1.807) is 0 Å². The molecule has 0 bridgehead atoms. The summed E-state index contributed by atoms with van der Waals surface area (Å²) in [6.45, 7) is 3.69. The molecule has 7 heteroatoms. The highest BCUT2D eigenvalue weighted by Crippen LogP contribution is 2.14. The Morgan fingerprint density at radius 3 is 2.58 bits per heavy atom. The van der Waals surface area contributed by atoms with Crippen LogP contribution in [0.4, 0.5) is 0 Å². The highest BCUT2D eigenvalue weighted by molar-refractivity contribution is 7.89. The van der Waals surface area contributed by atoms with Gasteiger partial charge in [0.15, 0.2) is 0 Å². The molecule has 0 aliphatic carbocycles. The molecule has 0 aromatic carbocycles. The Balaban J connectivity index is 2.17. The number of hydrogen-bond acceptors (Lipinski definition) is 4. The third-order valence-corrected chi connectivity index (χ3v) is 5.14. The predicted octanol–water partition coefficient (Wildman–Crippen LogP) is 0.0457. The molecule has 3 N–H and O–H groups in total. The molecule has 1 amide bonds. The first kappa shape index (κ1) is 16.4. The molecule has 1 aliphatic heterocycles. The zero-order valence-corrected chi connectivity index (χ0v) is 12.4. The maximum absolute atomic E-state index is 11.9. The average Bonchev–Trinajstić information content (AvgIpc) is 2.82. The Kier molecular flexibility index (Phi) is 6.74. The molecule has 1 aliphatic rings. The van der Waals surface area contributed by atoms with Gasteiger partial charge in [-0.1, -0.05) is 0 Å². The van der Waals surface area contributed by atoms with Gasteiger partial charge >= 0.3 is 0 Å². The Labute approximate surface area is 115 Å². The highest BCUT2D eigenvalue weighted by Gasteiger charge is 2.24. The normalized spacial score (nSPS) is 18.4. The molecule has 19 heavy (non-hydrogen) atoms. The largest absolute Gasteiger partial charge is 0.356 e. The van der Waals surface area contributed by atoms with Gasteiger partial charge in [0.05, 0.1) is 5.75 Å². The van der Waals surface area contributed by atoms with Gasteiger partial charge in [0, 0.05) is 32.1 Å². The van der Waals surface area contributed by atoms with Gasteiger partial charge in [-0.2, -0.15) is 0 Å².